The van der Waals surface area contributed by atoms with E-state index < -0.39 is 0 Å². The van der Waals surface area contributed by atoms with Crippen molar-refractivity contribution in [2.24, 2.45) is 7.05 Å². The van der Waals surface area contributed by atoms with Crippen molar-refractivity contribution in [1.82, 2.24) is 24.5 Å². The molecule has 0 saturated carbocycles. The van der Waals surface area contributed by atoms with E-state index >= 15 is 0 Å². The van der Waals surface area contributed by atoms with Crippen molar-refractivity contribution in [3.63, 3.8) is 0 Å². The number of hydrogen-bond acceptors (Lipinski definition) is 3. The number of hydrogen-bond donors (Lipinski definition) is 0. The van der Waals surface area contributed by atoms with E-state index in [1.807, 2.05) is 18.7 Å². The summed E-state index contributed by atoms with van der Waals surface area (Å²) in [5.41, 5.74) is 2.07. The SMILES string of the molecule is Cc1cc(-c2nnc3n2CCC[C@H]3C)n(C)n1. The normalized spacial score (nSPS) is 19.4. The van der Waals surface area contributed by atoms with Crippen LogP contribution < -0.4 is 0 Å². The molecule has 2 aromatic heterocycles. The summed E-state index contributed by atoms with van der Waals surface area (Å²) in [7, 11) is 1.95. The first-order chi connectivity index (χ1) is 8.16. The second-order valence-electron chi connectivity index (χ2n) is 4.87. The van der Waals surface area contributed by atoms with Gasteiger partial charge in [0.1, 0.15) is 11.5 Å². The summed E-state index contributed by atoms with van der Waals surface area (Å²) < 4.78 is 4.12. The molecule has 0 N–H and O–H groups in total. The van der Waals surface area contributed by atoms with E-state index in [-0.39, 0.29) is 0 Å². The van der Waals surface area contributed by atoms with E-state index in [0.717, 1.165) is 29.6 Å². The van der Waals surface area contributed by atoms with E-state index in [4.69, 9.17) is 0 Å². The summed E-state index contributed by atoms with van der Waals surface area (Å²) in [5.74, 6) is 2.58. The number of nitrogens with zero attached hydrogens (tertiary/aromatic N) is 5. The van der Waals surface area contributed by atoms with E-state index in [1.165, 1.54) is 12.8 Å². The van der Waals surface area contributed by atoms with Crippen LogP contribution in [-0.2, 0) is 13.6 Å². The molecule has 5 nitrogen and oxygen atoms in total. The highest BCUT2D eigenvalue weighted by Crippen LogP contribution is 2.29. The highest BCUT2D eigenvalue weighted by molar-refractivity contribution is 5.51. The third kappa shape index (κ3) is 1.57. The molecule has 3 heterocycles. The molecule has 0 unspecified atom stereocenters. The van der Waals surface area contributed by atoms with Gasteiger partial charge >= 0.3 is 0 Å². The Bertz CT molecular complexity index is 551. The summed E-state index contributed by atoms with van der Waals surface area (Å²) >= 11 is 0. The molecule has 0 radical (unpaired) electrons. The first-order valence-electron chi connectivity index (χ1n) is 6.11. The van der Waals surface area contributed by atoms with Gasteiger partial charge in [0, 0.05) is 19.5 Å². The van der Waals surface area contributed by atoms with Gasteiger partial charge in [0.2, 0.25) is 0 Å². The zero-order chi connectivity index (χ0) is 12.0. The molecule has 1 atom stereocenters. The van der Waals surface area contributed by atoms with Crippen molar-refractivity contribution in [2.75, 3.05) is 0 Å². The van der Waals surface area contributed by atoms with Gasteiger partial charge in [-0.15, -0.1) is 10.2 Å². The van der Waals surface area contributed by atoms with Crippen LogP contribution in [0.4, 0.5) is 0 Å². The summed E-state index contributed by atoms with van der Waals surface area (Å²) in [4.78, 5) is 0. The molecule has 3 rings (SSSR count). The van der Waals surface area contributed by atoms with Crippen molar-refractivity contribution in [1.29, 1.82) is 0 Å². The molecule has 90 valence electrons. The molecule has 1 aliphatic heterocycles. The van der Waals surface area contributed by atoms with Crippen LogP contribution >= 0.6 is 0 Å². The molecule has 0 bridgehead atoms. The fourth-order valence-corrected chi connectivity index (χ4v) is 2.59. The van der Waals surface area contributed by atoms with Gasteiger partial charge in [-0.1, -0.05) is 6.92 Å². The van der Waals surface area contributed by atoms with Gasteiger partial charge in [-0.3, -0.25) is 4.68 Å². The van der Waals surface area contributed by atoms with Gasteiger partial charge in [-0.25, -0.2) is 0 Å². The van der Waals surface area contributed by atoms with Crippen molar-refractivity contribution in [3.8, 4) is 11.5 Å². The van der Waals surface area contributed by atoms with Crippen molar-refractivity contribution in [2.45, 2.75) is 39.2 Å². The number of aryl methyl sites for hydroxylation is 2. The summed E-state index contributed by atoms with van der Waals surface area (Å²) in [6.07, 6.45) is 2.42. The van der Waals surface area contributed by atoms with Crippen LogP contribution in [0.1, 0.15) is 37.2 Å². The maximum Gasteiger partial charge on any atom is 0.182 e. The maximum atomic E-state index is 4.37. The lowest BCUT2D eigenvalue weighted by atomic mass is 10.0. The first kappa shape index (κ1) is 10.5. The van der Waals surface area contributed by atoms with Crippen LogP contribution in [0.15, 0.2) is 6.07 Å². The fourth-order valence-electron chi connectivity index (χ4n) is 2.59. The Kier molecular flexibility index (Phi) is 2.28. The predicted octanol–water partition coefficient (Wildman–Crippen LogP) is 1.88. The lowest BCUT2D eigenvalue weighted by Crippen LogP contribution is -2.15. The van der Waals surface area contributed by atoms with Gasteiger partial charge in [-0.05, 0) is 25.8 Å². The average Bonchev–Trinajstić information content (AvgIpc) is 2.83. The molecule has 0 aliphatic carbocycles. The predicted molar refractivity (Wildman–Crippen MR) is 64.6 cm³/mol. The Morgan fingerprint density at radius 3 is 2.88 bits per heavy atom. The smallest absolute Gasteiger partial charge is 0.182 e. The Morgan fingerprint density at radius 1 is 1.35 bits per heavy atom. The van der Waals surface area contributed by atoms with Crippen LogP contribution in [0.25, 0.3) is 11.5 Å². The van der Waals surface area contributed by atoms with Crippen molar-refractivity contribution < 1.29 is 0 Å². The number of fused-ring (bicyclic) bond motifs is 1. The largest absolute Gasteiger partial charge is 0.309 e. The summed E-state index contributed by atoms with van der Waals surface area (Å²) in [6, 6.07) is 2.07. The lowest BCUT2D eigenvalue weighted by Gasteiger charge is -2.20. The Balaban J connectivity index is 2.13. The zero-order valence-electron chi connectivity index (χ0n) is 10.5. The van der Waals surface area contributed by atoms with Gasteiger partial charge in [-0.2, -0.15) is 5.10 Å². The summed E-state index contributed by atoms with van der Waals surface area (Å²) in [6.45, 7) is 5.24. The molecule has 5 heteroatoms. The van der Waals surface area contributed by atoms with Gasteiger partial charge in [0.25, 0.3) is 0 Å². The third-order valence-electron chi connectivity index (χ3n) is 3.47. The second-order valence-corrected chi connectivity index (χ2v) is 4.87. The quantitative estimate of drug-likeness (QED) is 0.753. The molecule has 0 fully saturated rings. The molecule has 17 heavy (non-hydrogen) atoms. The number of aromatic nitrogens is 5. The maximum absolute atomic E-state index is 4.37. The highest BCUT2D eigenvalue weighted by Gasteiger charge is 2.23. The Labute approximate surface area is 100 Å². The van der Waals surface area contributed by atoms with Crippen LogP contribution in [0.3, 0.4) is 0 Å². The molecule has 2 aromatic rings. The van der Waals surface area contributed by atoms with E-state index in [2.05, 4.69) is 32.9 Å². The average molecular weight is 231 g/mol. The van der Waals surface area contributed by atoms with E-state index in [1.54, 1.807) is 0 Å². The lowest BCUT2D eigenvalue weighted by molar-refractivity contribution is 0.465. The van der Waals surface area contributed by atoms with Gasteiger partial charge in [0.15, 0.2) is 5.82 Å². The number of rotatable bonds is 1. The van der Waals surface area contributed by atoms with Crippen molar-refractivity contribution in [3.05, 3.63) is 17.6 Å². The Hall–Kier alpha value is -1.65. The van der Waals surface area contributed by atoms with Crippen LogP contribution in [0.5, 0.6) is 0 Å². The molecule has 0 amide bonds. The third-order valence-corrected chi connectivity index (χ3v) is 3.47. The highest BCUT2D eigenvalue weighted by atomic mass is 15.3. The molecular formula is C12H17N5. The fraction of sp³-hybridized carbons (Fsp3) is 0.583. The minimum atomic E-state index is 0.513. The summed E-state index contributed by atoms with van der Waals surface area (Å²) in [5, 5.41) is 13.1. The van der Waals surface area contributed by atoms with Crippen LogP contribution in [-0.4, -0.2) is 24.5 Å². The Morgan fingerprint density at radius 2 is 2.18 bits per heavy atom. The van der Waals surface area contributed by atoms with Crippen LogP contribution in [0.2, 0.25) is 0 Å². The zero-order valence-corrected chi connectivity index (χ0v) is 10.5. The second kappa shape index (κ2) is 3.68. The van der Waals surface area contributed by atoms with E-state index in [0.29, 0.717) is 5.92 Å². The molecular weight excluding hydrogens is 214 g/mol. The topological polar surface area (TPSA) is 48.5 Å². The van der Waals surface area contributed by atoms with Crippen LogP contribution in [0, 0.1) is 6.92 Å². The molecule has 0 saturated heterocycles. The van der Waals surface area contributed by atoms with Gasteiger partial charge in [0.05, 0.1) is 5.69 Å². The van der Waals surface area contributed by atoms with Gasteiger partial charge < -0.3 is 4.57 Å². The standard InChI is InChI=1S/C12H17N5/c1-8-5-4-6-17-11(8)13-14-12(17)10-7-9(2)15-16(10)3/h7-8H,4-6H2,1-3H3/t8-/m1/s1. The van der Waals surface area contributed by atoms with E-state index in [9.17, 15) is 0 Å². The first-order valence-corrected chi connectivity index (χ1v) is 6.11. The monoisotopic (exact) mass is 231 g/mol. The minimum Gasteiger partial charge on any atom is -0.309 e. The molecule has 0 aromatic carbocycles. The molecule has 1 aliphatic rings. The minimum absolute atomic E-state index is 0.513. The molecule has 0 spiro atoms. The van der Waals surface area contributed by atoms with Crippen molar-refractivity contribution >= 4 is 0 Å².